The SMILES string of the molecule is Cc1ccnc2nc(C(=O)NCCC3CCCC3)nn12. The standard InChI is InChI=1S/C14H19N5O/c1-10-6-8-16-14-17-12(18-19(10)14)13(20)15-9-7-11-4-2-3-5-11/h6,8,11H,2-5,7,9H2,1H3,(H,15,20). The molecule has 2 heterocycles. The maximum Gasteiger partial charge on any atom is 0.291 e. The van der Waals surface area contributed by atoms with Crippen molar-refractivity contribution in [3.63, 3.8) is 0 Å². The molecular formula is C14H19N5O. The summed E-state index contributed by atoms with van der Waals surface area (Å²) in [5.74, 6) is 1.21. The van der Waals surface area contributed by atoms with Crippen molar-refractivity contribution in [1.29, 1.82) is 0 Å². The molecule has 2 aromatic rings. The Kier molecular flexibility index (Phi) is 3.62. The Morgan fingerprint density at radius 3 is 3.00 bits per heavy atom. The van der Waals surface area contributed by atoms with Crippen LogP contribution in [0.5, 0.6) is 0 Å². The zero-order valence-electron chi connectivity index (χ0n) is 11.7. The predicted octanol–water partition coefficient (Wildman–Crippen LogP) is 1.74. The van der Waals surface area contributed by atoms with Crippen molar-refractivity contribution in [2.75, 3.05) is 6.54 Å². The van der Waals surface area contributed by atoms with Gasteiger partial charge in [0.25, 0.3) is 11.7 Å². The van der Waals surface area contributed by atoms with Gasteiger partial charge in [0.15, 0.2) is 0 Å². The van der Waals surface area contributed by atoms with Gasteiger partial charge in [0.1, 0.15) is 0 Å². The topological polar surface area (TPSA) is 72.2 Å². The highest BCUT2D eigenvalue weighted by atomic mass is 16.2. The molecule has 0 saturated heterocycles. The highest BCUT2D eigenvalue weighted by Crippen LogP contribution is 2.26. The molecular weight excluding hydrogens is 254 g/mol. The van der Waals surface area contributed by atoms with E-state index in [1.165, 1.54) is 25.7 Å². The van der Waals surface area contributed by atoms with E-state index < -0.39 is 0 Å². The normalized spacial score (nSPS) is 15.8. The van der Waals surface area contributed by atoms with Crippen molar-refractivity contribution in [3.05, 3.63) is 23.8 Å². The lowest BCUT2D eigenvalue weighted by Gasteiger charge is -2.08. The number of carbonyl (C=O) groups excluding carboxylic acids is 1. The molecule has 0 bridgehead atoms. The Labute approximate surface area is 117 Å². The lowest BCUT2D eigenvalue weighted by atomic mass is 10.0. The molecule has 1 N–H and O–H groups in total. The summed E-state index contributed by atoms with van der Waals surface area (Å²) in [6.07, 6.45) is 7.98. The van der Waals surface area contributed by atoms with E-state index in [1.54, 1.807) is 10.7 Å². The Balaban J connectivity index is 1.61. The minimum Gasteiger partial charge on any atom is -0.349 e. The lowest BCUT2D eigenvalue weighted by molar-refractivity contribution is 0.0941. The fourth-order valence-electron chi connectivity index (χ4n) is 2.77. The molecule has 6 heteroatoms. The molecule has 0 atom stereocenters. The summed E-state index contributed by atoms with van der Waals surface area (Å²) < 4.78 is 1.59. The third kappa shape index (κ3) is 2.64. The maximum absolute atomic E-state index is 12.0. The monoisotopic (exact) mass is 273 g/mol. The van der Waals surface area contributed by atoms with Crippen molar-refractivity contribution < 1.29 is 4.79 Å². The van der Waals surface area contributed by atoms with Crippen molar-refractivity contribution >= 4 is 11.7 Å². The largest absolute Gasteiger partial charge is 0.349 e. The lowest BCUT2D eigenvalue weighted by Crippen LogP contribution is -2.26. The smallest absolute Gasteiger partial charge is 0.291 e. The van der Waals surface area contributed by atoms with Crippen molar-refractivity contribution in [1.82, 2.24) is 24.9 Å². The fraction of sp³-hybridized carbons (Fsp3) is 0.571. The molecule has 0 unspecified atom stereocenters. The van der Waals surface area contributed by atoms with Crippen molar-refractivity contribution in [3.8, 4) is 0 Å². The average molecular weight is 273 g/mol. The second-order valence-corrected chi connectivity index (χ2v) is 5.43. The third-order valence-corrected chi connectivity index (χ3v) is 3.95. The van der Waals surface area contributed by atoms with Crippen LogP contribution in [-0.2, 0) is 0 Å². The number of fused-ring (bicyclic) bond motifs is 1. The second kappa shape index (κ2) is 5.56. The molecule has 0 radical (unpaired) electrons. The predicted molar refractivity (Wildman–Crippen MR) is 74.4 cm³/mol. The van der Waals surface area contributed by atoms with Crippen LogP contribution in [0.15, 0.2) is 12.3 Å². The van der Waals surface area contributed by atoms with Crippen LogP contribution in [0.1, 0.15) is 48.4 Å². The number of aryl methyl sites for hydroxylation is 1. The number of hydrogen-bond donors (Lipinski definition) is 1. The first-order chi connectivity index (χ1) is 9.74. The summed E-state index contributed by atoms with van der Waals surface area (Å²) in [7, 11) is 0. The van der Waals surface area contributed by atoms with E-state index in [4.69, 9.17) is 0 Å². The van der Waals surface area contributed by atoms with Gasteiger partial charge in [0, 0.05) is 18.4 Å². The number of aromatic nitrogens is 4. The van der Waals surface area contributed by atoms with E-state index in [-0.39, 0.29) is 11.7 Å². The summed E-state index contributed by atoms with van der Waals surface area (Å²) in [6.45, 7) is 2.61. The van der Waals surface area contributed by atoms with Gasteiger partial charge < -0.3 is 5.32 Å². The van der Waals surface area contributed by atoms with Gasteiger partial charge in [-0.3, -0.25) is 4.79 Å². The van der Waals surface area contributed by atoms with Crippen LogP contribution in [0.2, 0.25) is 0 Å². The highest BCUT2D eigenvalue weighted by Gasteiger charge is 2.17. The van der Waals surface area contributed by atoms with Gasteiger partial charge in [-0.2, -0.15) is 4.98 Å². The molecule has 20 heavy (non-hydrogen) atoms. The molecule has 1 amide bonds. The van der Waals surface area contributed by atoms with E-state index >= 15 is 0 Å². The van der Waals surface area contributed by atoms with Gasteiger partial charge in [-0.05, 0) is 25.3 Å². The van der Waals surface area contributed by atoms with Crippen molar-refractivity contribution in [2.24, 2.45) is 5.92 Å². The first-order valence-corrected chi connectivity index (χ1v) is 7.20. The van der Waals surface area contributed by atoms with Crippen LogP contribution in [0.4, 0.5) is 0 Å². The van der Waals surface area contributed by atoms with Gasteiger partial charge in [0.05, 0.1) is 0 Å². The highest BCUT2D eigenvalue weighted by molar-refractivity contribution is 5.90. The molecule has 1 fully saturated rings. The molecule has 1 aliphatic carbocycles. The minimum absolute atomic E-state index is 0.193. The summed E-state index contributed by atoms with van der Waals surface area (Å²) in [5.41, 5.74) is 0.910. The van der Waals surface area contributed by atoms with Crippen LogP contribution in [0.3, 0.4) is 0 Å². The van der Waals surface area contributed by atoms with E-state index in [1.807, 2.05) is 13.0 Å². The van der Waals surface area contributed by atoms with Gasteiger partial charge in [-0.25, -0.2) is 9.50 Å². The number of nitrogens with one attached hydrogen (secondary N) is 1. The van der Waals surface area contributed by atoms with E-state index in [0.29, 0.717) is 12.3 Å². The number of hydrogen-bond acceptors (Lipinski definition) is 4. The third-order valence-electron chi connectivity index (χ3n) is 3.95. The summed E-state index contributed by atoms with van der Waals surface area (Å²) >= 11 is 0. The van der Waals surface area contributed by atoms with Crippen LogP contribution >= 0.6 is 0 Å². The molecule has 106 valence electrons. The van der Waals surface area contributed by atoms with E-state index in [0.717, 1.165) is 18.0 Å². The zero-order chi connectivity index (χ0) is 13.9. The number of carbonyl (C=O) groups is 1. The average Bonchev–Trinajstić information content (AvgIpc) is 3.07. The molecule has 0 aliphatic heterocycles. The molecule has 2 aromatic heterocycles. The van der Waals surface area contributed by atoms with Gasteiger partial charge in [0.2, 0.25) is 5.82 Å². The minimum atomic E-state index is -0.215. The molecule has 3 rings (SSSR count). The van der Waals surface area contributed by atoms with Gasteiger partial charge in [-0.1, -0.05) is 25.7 Å². The summed E-state index contributed by atoms with van der Waals surface area (Å²) in [5, 5.41) is 7.09. The molecule has 1 aliphatic rings. The van der Waals surface area contributed by atoms with Crippen molar-refractivity contribution in [2.45, 2.75) is 39.0 Å². The first kappa shape index (κ1) is 13.0. The fourth-order valence-corrected chi connectivity index (χ4v) is 2.77. The molecule has 1 saturated carbocycles. The number of amides is 1. The Hall–Kier alpha value is -1.98. The molecule has 0 aromatic carbocycles. The zero-order valence-corrected chi connectivity index (χ0v) is 11.7. The van der Waals surface area contributed by atoms with Crippen LogP contribution in [0, 0.1) is 12.8 Å². The van der Waals surface area contributed by atoms with Gasteiger partial charge >= 0.3 is 0 Å². The number of rotatable bonds is 4. The quantitative estimate of drug-likeness (QED) is 0.921. The first-order valence-electron chi connectivity index (χ1n) is 7.20. The van der Waals surface area contributed by atoms with Crippen LogP contribution in [-0.4, -0.2) is 32.0 Å². The summed E-state index contributed by atoms with van der Waals surface area (Å²) in [6, 6.07) is 1.84. The Morgan fingerprint density at radius 2 is 2.25 bits per heavy atom. The van der Waals surface area contributed by atoms with E-state index in [9.17, 15) is 4.79 Å². The molecule has 6 nitrogen and oxygen atoms in total. The Bertz CT molecular complexity index is 615. The van der Waals surface area contributed by atoms with E-state index in [2.05, 4.69) is 20.4 Å². The summed E-state index contributed by atoms with van der Waals surface area (Å²) in [4.78, 5) is 20.3. The maximum atomic E-state index is 12.0. The Morgan fingerprint density at radius 1 is 1.45 bits per heavy atom. The molecule has 0 spiro atoms. The van der Waals surface area contributed by atoms with Gasteiger partial charge in [-0.15, -0.1) is 5.10 Å². The second-order valence-electron chi connectivity index (χ2n) is 5.43. The van der Waals surface area contributed by atoms with Crippen LogP contribution in [0.25, 0.3) is 5.78 Å². The van der Waals surface area contributed by atoms with Crippen LogP contribution < -0.4 is 5.32 Å². The number of nitrogens with zero attached hydrogens (tertiary/aromatic N) is 4.